The first kappa shape index (κ1) is 53.3. The Balaban J connectivity index is 0.992. The Morgan fingerprint density at radius 2 is 0.566 bits per heavy atom. The molecular weight excluding hydrogens is 1060 g/mol. The van der Waals surface area contributed by atoms with E-state index in [2.05, 4.69) is 0 Å². The number of hydrogen-bond acceptors (Lipinski definition) is 10. The van der Waals surface area contributed by atoms with Crippen molar-refractivity contribution in [2.45, 2.75) is 0 Å². The fraction of sp³-hybridized carbons (Fsp3) is 0.0870. The number of phosphoric ester groups is 1. The van der Waals surface area contributed by atoms with Crippen LogP contribution in [-0.4, -0.2) is 73.3 Å². The first-order chi connectivity index (χ1) is 40.2. The highest BCUT2D eigenvalue weighted by Gasteiger charge is 2.38. The zero-order valence-electron chi connectivity index (χ0n) is 46.5. The number of hydrogen-bond donors (Lipinski definition) is 0. The van der Waals surface area contributed by atoms with E-state index in [9.17, 15) is 14.4 Å². The van der Waals surface area contributed by atoms with E-state index in [0.29, 0.717) is 83.2 Å². The van der Waals surface area contributed by atoms with E-state index in [1.165, 1.54) is 0 Å². The third-order valence-electron chi connectivity index (χ3n) is 14.8. The third-order valence-corrected chi connectivity index (χ3v) is 16.1. The van der Waals surface area contributed by atoms with Gasteiger partial charge in [0.15, 0.2) is 34.6 Å². The van der Waals surface area contributed by atoms with E-state index in [1.807, 2.05) is 271 Å². The molecule has 0 spiro atoms. The molecule has 13 nitrogen and oxygen atoms in total. The molecule has 0 unspecified atom stereocenters. The normalized spacial score (nSPS) is 11.4. The largest absolute Gasteiger partial charge is 0.647 e. The summed E-state index contributed by atoms with van der Waals surface area (Å²) in [6.45, 7) is 0. The Labute approximate surface area is 480 Å². The van der Waals surface area contributed by atoms with Crippen LogP contribution in [0.3, 0.4) is 0 Å². The van der Waals surface area contributed by atoms with Crippen molar-refractivity contribution >= 4 is 74.9 Å². The zero-order valence-corrected chi connectivity index (χ0v) is 47.4. The number of carbonyl (C=O) groups excluding carboxylic acids is 3. The quantitative estimate of drug-likeness (QED) is 0.0606. The first-order valence-corrected chi connectivity index (χ1v) is 28.4. The summed E-state index contributed by atoms with van der Waals surface area (Å²) in [6.07, 6.45) is 5.08. The van der Waals surface area contributed by atoms with Gasteiger partial charge in [-0.15, -0.1) is 0 Å². The molecular formula is C69H57N6O7P. The van der Waals surface area contributed by atoms with E-state index in [0.717, 1.165) is 17.1 Å². The average molecular weight is 1110 g/mol. The van der Waals surface area contributed by atoms with Crippen molar-refractivity contribution in [2.75, 3.05) is 57.0 Å². The van der Waals surface area contributed by atoms with Gasteiger partial charge in [-0.1, -0.05) is 72.8 Å². The Morgan fingerprint density at radius 1 is 0.325 bits per heavy atom. The molecule has 12 aromatic rings. The molecule has 83 heavy (non-hydrogen) atoms. The second-order valence-corrected chi connectivity index (χ2v) is 22.2. The van der Waals surface area contributed by atoms with Gasteiger partial charge < -0.3 is 42.0 Å². The minimum absolute atomic E-state index is 0.140. The van der Waals surface area contributed by atoms with Gasteiger partial charge in [-0.2, -0.15) is 4.57 Å². The van der Waals surface area contributed by atoms with E-state index >= 15 is 4.57 Å². The van der Waals surface area contributed by atoms with Crippen LogP contribution in [0.15, 0.2) is 237 Å². The van der Waals surface area contributed by atoms with Crippen LogP contribution < -0.4 is 28.3 Å². The lowest BCUT2D eigenvalue weighted by molar-refractivity contribution is 0.103. The first-order valence-electron chi connectivity index (χ1n) is 27.0. The minimum Gasteiger partial charge on any atom is -0.384 e. The van der Waals surface area contributed by atoms with Gasteiger partial charge in [-0.3, -0.25) is 14.4 Å². The van der Waals surface area contributed by atoms with E-state index in [-0.39, 0.29) is 34.6 Å². The van der Waals surface area contributed by atoms with Crippen LogP contribution in [0.2, 0.25) is 0 Å². The molecule has 3 heterocycles. The van der Waals surface area contributed by atoms with Crippen LogP contribution in [-0.2, 0) is 4.57 Å². The summed E-state index contributed by atoms with van der Waals surface area (Å²) in [5, 5.41) is 1.67. The van der Waals surface area contributed by atoms with Gasteiger partial charge in [0.1, 0.15) is 0 Å². The number of para-hydroxylation sites is 6. The zero-order chi connectivity index (χ0) is 57.5. The number of nitrogens with zero attached hydrogens (tertiary/aromatic N) is 6. The summed E-state index contributed by atoms with van der Waals surface area (Å²) in [6, 6.07) is 66.7. The number of phosphoric acid groups is 1. The molecule has 0 fully saturated rings. The molecule has 3 aromatic heterocycles. The van der Waals surface area contributed by atoms with Gasteiger partial charge in [-0.25, -0.2) is 0 Å². The number of rotatable bonds is 18. The predicted octanol–water partition coefficient (Wildman–Crippen LogP) is 15.1. The van der Waals surface area contributed by atoms with Crippen LogP contribution in [0, 0.1) is 0 Å². The molecule has 0 aliphatic heterocycles. The van der Waals surface area contributed by atoms with Crippen molar-refractivity contribution in [3.05, 3.63) is 270 Å². The Kier molecular flexibility index (Phi) is 14.1. The van der Waals surface area contributed by atoms with Crippen LogP contribution in [0.4, 0.5) is 17.1 Å². The minimum atomic E-state index is -4.96. The van der Waals surface area contributed by atoms with Crippen molar-refractivity contribution in [3.8, 4) is 34.3 Å². The van der Waals surface area contributed by atoms with Crippen LogP contribution in [0.25, 0.3) is 49.8 Å². The Morgan fingerprint density at radius 3 is 0.831 bits per heavy atom. The van der Waals surface area contributed by atoms with Crippen molar-refractivity contribution in [2.24, 2.45) is 0 Å². The SMILES string of the molecule is CN(C)c1ccc(C(=O)c2ccccc2-n2cc(OP(=O)(Oc3cn(-c4ccccc4C(=O)c4ccc(N(C)C)cc4)c4ccccc34)Oc3cn(-c4ccccc4C(=O)c4ccc(N(C)C)cc4)c4ccccc34)c3ccccc32)cc1. The lowest BCUT2D eigenvalue weighted by Crippen LogP contribution is -2.10. The Hall–Kier alpha value is -10.4. The number of fused-ring (bicyclic) bond motifs is 3. The maximum absolute atomic E-state index is 16.5. The molecule has 0 aliphatic rings. The maximum Gasteiger partial charge on any atom is 0.647 e. The number of anilines is 3. The van der Waals surface area contributed by atoms with Crippen molar-refractivity contribution in [3.63, 3.8) is 0 Å². The van der Waals surface area contributed by atoms with Crippen LogP contribution in [0.5, 0.6) is 17.2 Å². The van der Waals surface area contributed by atoms with E-state index in [4.69, 9.17) is 13.6 Å². The summed E-state index contributed by atoms with van der Waals surface area (Å²) in [5.41, 5.74) is 9.35. The van der Waals surface area contributed by atoms with Crippen molar-refractivity contribution in [1.82, 2.24) is 13.7 Å². The average Bonchev–Trinajstić information content (AvgIpc) is 4.15. The summed E-state index contributed by atoms with van der Waals surface area (Å²) in [4.78, 5) is 49.3. The highest BCUT2D eigenvalue weighted by molar-refractivity contribution is 7.49. The Bertz CT molecular complexity index is 4040. The fourth-order valence-electron chi connectivity index (χ4n) is 10.5. The number of ketones is 3. The monoisotopic (exact) mass is 1110 g/mol. The lowest BCUT2D eigenvalue weighted by atomic mass is 10.0. The second kappa shape index (κ2) is 21.9. The highest BCUT2D eigenvalue weighted by atomic mass is 31.2. The van der Waals surface area contributed by atoms with Crippen LogP contribution >= 0.6 is 7.82 Å². The summed E-state index contributed by atoms with van der Waals surface area (Å²) < 4.78 is 42.6. The second-order valence-electron chi connectivity index (χ2n) is 20.7. The van der Waals surface area contributed by atoms with Gasteiger partial charge in [0, 0.05) is 109 Å². The molecule has 14 heteroatoms. The van der Waals surface area contributed by atoms with Gasteiger partial charge >= 0.3 is 7.82 Å². The smallest absolute Gasteiger partial charge is 0.384 e. The van der Waals surface area contributed by atoms with Gasteiger partial charge in [0.05, 0.1) is 52.2 Å². The molecule has 12 rings (SSSR count). The molecule has 0 bridgehead atoms. The van der Waals surface area contributed by atoms with Crippen molar-refractivity contribution < 1.29 is 32.5 Å². The molecule has 9 aromatic carbocycles. The van der Waals surface area contributed by atoms with Gasteiger partial charge in [0.2, 0.25) is 0 Å². The lowest BCUT2D eigenvalue weighted by Gasteiger charge is -2.18. The standard InChI is InChI=1S/C69H57N6O7P/c1-70(2)49-37-31-46(32-38-49)67(76)55-22-10-16-28-61(55)73-43-64(52-19-7-13-25-58(52)73)80-83(79,81-65-44-74(59-26-14-8-20-53(59)65)62-29-17-11-23-56(62)68(77)47-33-39-50(40-34-47)71(3)4)82-66-45-75(60-27-15-9-21-54(60)66)63-30-18-12-24-57(63)69(78)48-35-41-51(42-36-48)72(5)6/h7-45H,1-6H3. The summed E-state index contributed by atoms with van der Waals surface area (Å²) >= 11 is 0. The molecule has 0 radical (unpaired) electrons. The van der Waals surface area contributed by atoms with Crippen LogP contribution in [0.1, 0.15) is 47.8 Å². The summed E-state index contributed by atoms with van der Waals surface area (Å²) in [5.74, 6) is -0.142. The summed E-state index contributed by atoms with van der Waals surface area (Å²) in [7, 11) is 6.72. The molecule has 0 N–H and O–H groups in total. The van der Waals surface area contributed by atoms with Gasteiger partial charge in [0.25, 0.3) is 0 Å². The predicted molar refractivity (Wildman–Crippen MR) is 332 cm³/mol. The molecule has 0 saturated heterocycles. The number of carbonyl (C=O) groups is 3. The fourth-order valence-corrected chi connectivity index (χ4v) is 11.8. The molecule has 0 amide bonds. The number of aromatic nitrogens is 3. The third kappa shape index (κ3) is 10.2. The molecule has 0 atom stereocenters. The topological polar surface area (TPSA) is 120 Å². The van der Waals surface area contributed by atoms with Gasteiger partial charge in [-0.05, 0) is 146 Å². The highest BCUT2D eigenvalue weighted by Crippen LogP contribution is 2.55. The van der Waals surface area contributed by atoms with E-state index in [1.54, 1.807) is 36.8 Å². The van der Waals surface area contributed by atoms with E-state index < -0.39 is 7.82 Å². The molecule has 0 aliphatic carbocycles. The number of benzene rings is 9. The molecule has 410 valence electrons. The van der Waals surface area contributed by atoms with Crippen molar-refractivity contribution in [1.29, 1.82) is 0 Å². The maximum atomic E-state index is 16.5. The molecule has 0 saturated carbocycles.